The quantitative estimate of drug-likeness (QED) is 0.739. The van der Waals surface area contributed by atoms with Crippen LogP contribution >= 0.6 is 22.7 Å². The predicted molar refractivity (Wildman–Crippen MR) is 98.2 cm³/mol. The van der Waals surface area contributed by atoms with Gasteiger partial charge in [-0.05, 0) is 26.8 Å². The van der Waals surface area contributed by atoms with Crippen LogP contribution in [0.2, 0.25) is 0 Å². The van der Waals surface area contributed by atoms with Crippen molar-refractivity contribution in [2.24, 2.45) is 0 Å². The number of thiophene rings is 1. The fourth-order valence-corrected chi connectivity index (χ4v) is 3.97. The summed E-state index contributed by atoms with van der Waals surface area (Å²) < 4.78 is 11.5. The van der Waals surface area contributed by atoms with E-state index in [1.165, 1.54) is 11.3 Å². The molecule has 3 aromatic heterocycles. The molecule has 8 nitrogen and oxygen atoms in total. The zero-order chi connectivity index (χ0) is 18.2. The van der Waals surface area contributed by atoms with E-state index in [1.54, 1.807) is 32.1 Å². The van der Waals surface area contributed by atoms with Crippen LogP contribution in [0.1, 0.15) is 26.6 Å². The molecule has 0 unspecified atom stereocenters. The van der Waals surface area contributed by atoms with Crippen molar-refractivity contribution in [1.29, 1.82) is 0 Å². The van der Waals surface area contributed by atoms with Crippen LogP contribution in [0.4, 0.5) is 9.93 Å². The summed E-state index contributed by atoms with van der Waals surface area (Å²) in [4.78, 5) is 24.3. The number of nitrogens with zero attached hydrogens (tertiary/aromatic N) is 4. The highest BCUT2D eigenvalue weighted by Gasteiger charge is 2.18. The maximum Gasteiger partial charge on any atom is 0.408 e. The van der Waals surface area contributed by atoms with Crippen LogP contribution in [-0.4, -0.2) is 40.9 Å². The van der Waals surface area contributed by atoms with E-state index >= 15 is 0 Å². The van der Waals surface area contributed by atoms with Gasteiger partial charge < -0.3 is 19.5 Å². The average Bonchev–Trinajstić information content (AvgIpc) is 3.16. The van der Waals surface area contributed by atoms with Gasteiger partial charge in [0.1, 0.15) is 10.4 Å². The van der Waals surface area contributed by atoms with E-state index in [-0.39, 0.29) is 6.54 Å². The Bertz CT molecular complexity index is 859. The Balaban J connectivity index is 1.67. The van der Waals surface area contributed by atoms with E-state index in [1.807, 2.05) is 25.1 Å². The average molecular weight is 381 g/mol. The van der Waals surface area contributed by atoms with Gasteiger partial charge in [-0.25, -0.2) is 9.78 Å². The predicted octanol–water partition coefficient (Wildman–Crippen LogP) is 3.50. The first-order valence-corrected chi connectivity index (χ1v) is 9.22. The molecule has 3 heterocycles. The molecule has 3 rings (SSSR count). The van der Waals surface area contributed by atoms with Gasteiger partial charge in [-0.15, -0.1) is 11.3 Å². The van der Waals surface area contributed by atoms with Crippen molar-refractivity contribution in [3.63, 3.8) is 0 Å². The smallest absolute Gasteiger partial charge is 0.408 e. The molecule has 0 atom stereocenters. The Morgan fingerprint density at radius 1 is 1.32 bits per heavy atom. The molecule has 0 aromatic carbocycles. The molecular weight excluding hydrogens is 362 g/mol. The van der Waals surface area contributed by atoms with Crippen LogP contribution in [0.5, 0.6) is 0 Å². The van der Waals surface area contributed by atoms with Crippen LogP contribution in [-0.2, 0) is 11.3 Å². The van der Waals surface area contributed by atoms with Gasteiger partial charge in [-0.2, -0.15) is 4.98 Å². The Morgan fingerprint density at radius 3 is 2.72 bits per heavy atom. The van der Waals surface area contributed by atoms with Crippen LogP contribution < -0.4 is 10.2 Å². The first-order valence-electron chi connectivity index (χ1n) is 7.59. The van der Waals surface area contributed by atoms with E-state index in [0.717, 1.165) is 19.5 Å². The van der Waals surface area contributed by atoms with E-state index in [2.05, 4.69) is 20.4 Å². The van der Waals surface area contributed by atoms with Crippen LogP contribution in [0.15, 0.2) is 10.6 Å². The molecule has 1 amide bonds. The first kappa shape index (κ1) is 17.6. The molecule has 0 radical (unpaired) electrons. The molecule has 0 aliphatic carbocycles. The van der Waals surface area contributed by atoms with Gasteiger partial charge in [0.25, 0.3) is 5.89 Å². The third kappa shape index (κ3) is 4.26. The van der Waals surface area contributed by atoms with Gasteiger partial charge in [0.05, 0.1) is 16.1 Å². The molecule has 25 heavy (non-hydrogen) atoms. The molecule has 0 spiro atoms. The van der Waals surface area contributed by atoms with Crippen molar-refractivity contribution in [1.82, 2.24) is 20.4 Å². The number of fused-ring (bicyclic) bond motifs is 1. The van der Waals surface area contributed by atoms with Crippen molar-refractivity contribution in [2.75, 3.05) is 19.0 Å². The third-order valence-corrected chi connectivity index (χ3v) is 5.25. The lowest BCUT2D eigenvalue weighted by atomic mass is 10.2. The van der Waals surface area contributed by atoms with Crippen molar-refractivity contribution in [2.45, 2.75) is 32.9 Å². The highest BCUT2D eigenvalue weighted by Crippen LogP contribution is 2.37. The Hall–Kier alpha value is -2.20. The molecule has 0 bridgehead atoms. The highest BCUT2D eigenvalue weighted by atomic mass is 32.1. The zero-order valence-corrected chi connectivity index (χ0v) is 16.2. The van der Waals surface area contributed by atoms with Gasteiger partial charge in [0.2, 0.25) is 0 Å². The third-order valence-electron chi connectivity index (χ3n) is 2.93. The summed E-state index contributed by atoms with van der Waals surface area (Å²) in [5.41, 5.74) is -0.548. The fraction of sp³-hybridized carbons (Fsp3) is 0.467. The first-order chi connectivity index (χ1) is 11.7. The minimum Gasteiger partial charge on any atom is -0.444 e. The number of alkyl carbamates (subject to hydrolysis) is 1. The second-order valence-corrected chi connectivity index (χ2v) is 8.58. The molecule has 0 saturated carbocycles. The summed E-state index contributed by atoms with van der Waals surface area (Å²) >= 11 is 3.11. The van der Waals surface area contributed by atoms with Crippen molar-refractivity contribution in [3.05, 3.63) is 11.9 Å². The van der Waals surface area contributed by atoms with Crippen LogP contribution in [0, 0.1) is 0 Å². The summed E-state index contributed by atoms with van der Waals surface area (Å²) in [6.07, 6.45) is -0.518. The number of hydrogen-bond acceptors (Lipinski definition) is 9. The monoisotopic (exact) mass is 381 g/mol. The fourth-order valence-electron chi connectivity index (χ4n) is 1.91. The van der Waals surface area contributed by atoms with Gasteiger partial charge in [-0.3, -0.25) is 0 Å². The minimum absolute atomic E-state index is 0.140. The van der Waals surface area contributed by atoms with Crippen molar-refractivity contribution >= 4 is 43.4 Å². The molecule has 0 aliphatic heterocycles. The molecular formula is C15H19N5O3S2. The summed E-state index contributed by atoms with van der Waals surface area (Å²) in [6.45, 7) is 5.55. The Morgan fingerprint density at radius 2 is 2.08 bits per heavy atom. The van der Waals surface area contributed by atoms with Crippen LogP contribution in [0.25, 0.3) is 20.3 Å². The number of rotatable bonds is 4. The van der Waals surface area contributed by atoms with Crippen LogP contribution in [0.3, 0.4) is 0 Å². The normalized spacial score (nSPS) is 11.7. The SMILES string of the molecule is CN(C)c1nc2sc(-c3nc(CNC(=O)OC(C)(C)C)no3)cc2s1. The number of thiazole rings is 1. The van der Waals surface area contributed by atoms with E-state index in [0.29, 0.717) is 11.7 Å². The second-order valence-electron chi connectivity index (χ2n) is 6.54. The summed E-state index contributed by atoms with van der Waals surface area (Å²) in [7, 11) is 3.93. The molecule has 0 saturated heterocycles. The molecule has 3 aromatic rings. The van der Waals surface area contributed by atoms with E-state index in [9.17, 15) is 4.79 Å². The molecule has 0 aliphatic rings. The van der Waals surface area contributed by atoms with E-state index in [4.69, 9.17) is 9.26 Å². The lowest BCUT2D eigenvalue weighted by Crippen LogP contribution is -2.32. The molecule has 0 fully saturated rings. The Kier molecular flexibility index (Phi) is 4.65. The van der Waals surface area contributed by atoms with Crippen molar-refractivity contribution in [3.8, 4) is 10.8 Å². The van der Waals surface area contributed by atoms with Crippen molar-refractivity contribution < 1.29 is 14.1 Å². The Labute approximate surface area is 152 Å². The number of ether oxygens (including phenoxy) is 1. The van der Waals surface area contributed by atoms with Gasteiger partial charge >= 0.3 is 6.09 Å². The van der Waals surface area contributed by atoms with Gasteiger partial charge in [0, 0.05) is 14.1 Å². The largest absolute Gasteiger partial charge is 0.444 e. The minimum atomic E-state index is -0.548. The van der Waals surface area contributed by atoms with E-state index < -0.39 is 11.7 Å². The van der Waals surface area contributed by atoms with Gasteiger partial charge in [0.15, 0.2) is 11.0 Å². The summed E-state index contributed by atoms with van der Waals surface area (Å²) in [5.74, 6) is 0.808. The number of hydrogen-bond donors (Lipinski definition) is 1. The molecule has 134 valence electrons. The summed E-state index contributed by atoms with van der Waals surface area (Å²) in [6, 6.07) is 1.99. The molecule has 10 heteroatoms. The lowest BCUT2D eigenvalue weighted by Gasteiger charge is -2.19. The topological polar surface area (TPSA) is 93.4 Å². The number of carbonyl (C=O) groups is 1. The number of aromatic nitrogens is 3. The zero-order valence-electron chi connectivity index (χ0n) is 14.6. The number of carbonyl (C=O) groups excluding carboxylic acids is 1. The summed E-state index contributed by atoms with van der Waals surface area (Å²) in [5, 5.41) is 7.45. The number of nitrogens with one attached hydrogen (secondary N) is 1. The van der Waals surface area contributed by atoms with Gasteiger partial charge in [-0.1, -0.05) is 16.5 Å². The lowest BCUT2D eigenvalue weighted by molar-refractivity contribution is 0.0522. The second kappa shape index (κ2) is 6.60. The standard InChI is InChI=1S/C15H19N5O3S2/c1-15(2,3)22-14(21)16-7-10-17-11(23-19-10)8-6-9-12(24-8)18-13(25-9)20(4)5/h6H,7H2,1-5H3,(H,16,21). The highest BCUT2D eigenvalue weighted by molar-refractivity contribution is 7.30. The molecule has 1 N–H and O–H groups in total. The number of amides is 1. The maximum atomic E-state index is 11.7. The maximum absolute atomic E-state index is 11.7. The number of anilines is 1.